The monoisotopic (exact) mass is 334 g/mol. The Hall–Kier alpha value is -2.47. The fourth-order valence-electron chi connectivity index (χ4n) is 2.44. The molecule has 0 unspecified atom stereocenters. The van der Waals surface area contributed by atoms with Crippen LogP contribution in [-0.2, 0) is 10.3 Å². The summed E-state index contributed by atoms with van der Waals surface area (Å²) in [6, 6.07) is 9.78. The summed E-state index contributed by atoms with van der Waals surface area (Å²) in [5, 5.41) is 3.22. The average Bonchev–Trinajstić information content (AvgIpc) is 3.11. The molecule has 0 spiro atoms. The van der Waals surface area contributed by atoms with Gasteiger partial charge in [0.15, 0.2) is 5.54 Å². The predicted molar refractivity (Wildman–Crippen MR) is 83.3 cm³/mol. The molecule has 1 N–H and O–H groups in total. The van der Waals surface area contributed by atoms with Crippen LogP contribution in [0.3, 0.4) is 0 Å². The van der Waals surface area contributed by atoms with Crippen molar-refractivity contribution in [2.45, 2.75) is 12.5 Å². The van der Waals surface area contributed by atoms with E-state index in [2.05, 4.69) is 5.32 Å². The highest BCUT2D eigenvalue weighted by Crippen LogP contribution is 2.28. The number of imide groups is 1. The maximum absolute atomic E-state index is 12.5. The molecular weight excluding hydrogens is 320 g/mol. The summed E-state index contributed by atoms with van der Waals surface area (Å²) in [7, 11) is 0. The van der Waals surface area contributed by atoms with Crippen molar-refractivity contribution in [1.29, 1.82) is 0 Å². The Balaban J connectivity index is 1.65. The molecule has 23 heavy (non-hydrogen) atoms. The molecule has 1 saturated heterocycles. The van der Waals surface area contributed by atoms with Gasteiger partial charge in [-0.2, -0.15) is 0 Å². The van der Waals surface area contributed by atoms with Crippen molar-refractivity contribution < 1.29 is 18.7 Å². The van der Waals surface area contributed by atoms with Crippen LogP contribution in [0.1, 0.15) is 12.7 Å². The molecule has 0 aliphatic carbocycles. The van der Waals surface area contributed by atoms with E-state index in [1.807, 2.05) is 0 Å². The Bertz CT molecular complexity index is 731. The van der Waals surface area contributed by atoms with Crippen LogP contribution in [0, 0.1) is 0 Å². The van der Waals surface area contributed by atoms with Gasteiger partial charge in [0.05, 0.1) is 12.8 Å². The van der Waals surface area contributed by atoms with Crippen molar-refractivity contribution in [1.82, 2.24) is 10.2 Å². The Morgan fingerprint density at radius 3 is 2.83 bits per heavy atom. The van der Waals surface area contributed by atoms with Gasteiger partial charge in [0.2, 0.25) is 0 Å². The molecule has 1 aromatic carbocycles. The van der Waals surface area contributed by atoms with E-state index < -0.39 is 11.6 Å². The van der Waals surface area contributed by atoms with Gasteiger partial charge >= 0.3 is 6.03 Å². The first-order valence-corrected chi connectivity index (χ1v) is 7.45. The normalized spacial score (nSPS) is 20.7. The molecule has 1 aliphatic heterocycles. The third kappa shape index (κ3) is 2.90. The highest BCUT2D eigenvalue weighted by Gasteiger charge is 2.50. The van der Waals surface area contributed by atoms with E-state index in [0.29, 0.717) is 16.5 Å². The molecule has 6 nitrogen and oxygen atoms in total. The number of urea groups is 1. The molecule has 2 aromatic rings. The van der Waals surface area contributed by atoms with E-state index in [9.17, 15) is 9.59 Å². The quantitative estimate of drug-likeness (QED) is 0.853. The lowest BCUT2D eigenvalue weighted by molar-refractivity contribution is -0.131. The third-order valence-electron chi connectivity index (χ3n) is 3.67. The van der Waals surface area contributed by atoms with Crippen molar-refractivity contribution in [3.63, 3.8) is 0 Å². The molecule has 7 heteroatoms. The first kappa shape index (κ1) is 15.4. The van der Waals surface area contributed by atoms with Crippen LogP contribution in [0.5, 0.6) is 5.75 Å². The summed E-state index contributed by atoms with van der Waals surface area (Å²) in [6.07, 6.45) is 1.46. The van der Waals surface area contributed by atoms with Crippen molar-refractivity contribution in [3.8, 4) is 5.75 Å². The number of benzene rings is 1. The van der Waals surface area contributed by atoms with E-state index in [4.69, 9.17) is 20.8 Å². The van der Waals surface area contributed by atoms with Gasteiger partial charge in [0, 0.05) is 5.02 Å². The third-order valence-corrected chi connectivity index (χ3v) is 3.90. The second-order valence-corrected chi connectivity index (χ2v) is 5.73. The molecule has 1 atom stereocenters. The van der Waals surface area contributed by atoms with E-state index >= 15 is 0 Å². The minimum Gasteiger partial charge on any atom is -0.492 e. The number of nitrogens with zero attached hydrogens (tertiary/aromatic N) is 1. The van der Waals surface area contributed by atoms with Gasteiger partial charge in [0.1, 0.15) is 18.1 Å². The molecule has 0 bridgehead atoms. The minimum absolute atomic E-state index is 0.132. The first-order chi connectivity index (χ1) is 11.0. The van der Waals surface area contributed by atoms with Gasteiger partial charge < -0.3 is 14.5 Å². The molecule has 3 rings (SSSR count). The number of ether oxygens (including phenoxy) is 1. The topological polar surface area (TPSA) is 71.8 Å². The van der Waals surface area contributed by atoms with Crippen molar-refractivity contribution in [2.24, 2.45) is 0 Å². The summed E-state index contributed by atoms with van der Waals surface area (Å²) >= 11 is 5.87. The first-order valence-electron chi connectivity index (χ1n) is 7.07. The van der Waals surface area contributed by atoms with Gasteiger partial charge in [-0.3, -0.25) is 9.69 Å². The maximum Gasteiger partial charge on any atom is 0.325 e. The van der Waals surface area contributed by atoms with Crippen LogP contribution >= 0.6 is 11.6 Å². The number of furan rings is 1. The number of hydrogen-bond acceptors (Lipinski definition) is 4. The largest absolute Gasteiger partial charge is 0.492 e. The smallest absolute Gasteiger partial charge is 0.325 e. The number of halogens is 1. The highest BCUT2D eigenvalue weighted by molar-refractivity contribution is 6.30. The van der Waals surface area contributed by atoms with Gasteiger partial charge in [-0.05, 0) is 37.3 Å². The van der Waals surface area contributed by atoms with Crippen LogP contribution in [-0.4, -0.2) is 30.0 Å². The van der Waals surface area contributed by atoms with Crippen LogP contribution < -0.4 is 10.1 Å². The maximum atomic E-state index is 12.5. The molecule has 1 aromatic heterocycles. The Kier molecular flexibility index (Phi) is 4.00. The van der Waals surface area contributed by atoms with Crippen LogP contribution in [0.4, 0.5) is 4.79 Å². The summed E-state index contributed by atoms with van der Waals surface area (Å²) in [5.74, 6) is 0.611. The molecule has 0 saturated carbocycles. The molecular formula is C16H15ClN2O4. The molecule has 3 amide bonds. The lowest BCUT2D eigenvalue weighted by Gasteiger charge is -2.19. The number of rotatable bonds is 5. The lowest BCUT2D eigenvalue weighted by Crippen LogP contribution is -2.41. The number of carbonyl (C=O) groups excluding carboxylic acids is 2. The van der Waals surface area contributed by atoms with Crippen LogP contribution in [0.25, 0.3) is 0 Å². The molecule has 0 radical (unpaired) electrons. The predicted octanol–water partition coefficient (Wildman–Crippen LogP) is 2.78. The Morgan fingerprint density at radius 2 is 2.13 bits per heavy atom. The van der Waals surface area contributed by atoms with Crippen LogP contribution in [0.2, 0.25) is 5.02 Å². The second kappa shape index (κ2) is 5.96. The second-order valence-electron chi connectivity index (χ2n) is 5.30. The molecule has 120 valence electrons. The summed E-state index contributed by atoms with van der Waals surface area (Å²) < 4.78 is 10.8. The zero-order valence-corrected chi connectivity index (χ0v) is 13.2. The van der Waals surface area contributed by atoms with Crippen molar-refractivity contribution in [2.75, 3.05) is 13.2 Å². The summed E-state index contributed by atoms with van der Waals surface area (Å²) in [4.78, 5) is 25.7. The molecule has 1 fully saturated rings. The van der Waals surface area contributed by atoms with Gasteiger partial charge in [-0.25, -0.2) is 4.79 Å². The van der Waals surface area contributed by atoms with Gasteiger partial charge in [-0.1, -0.05) is 17.7 Å². The lowest BCUT2D eigenvalue weighted by atomic mass is 9.99. The summed E-state index contributed by atoms with van der Waals surface area (Å²) in [5.41, 5.74) is -1.18. The minimum atomic E-state index is -1.18. The van der Waals surface area contributed by atoms with Crippen LogP contribution in [0.15, 0.2) is 47.1 Å². The zero-order chi connectivity index (χ0) is 16.4. The van der Waals surface area contributed by atoms with E-state index in [1.165, 1.54) is 6.26 Å². The zero-order valence-electron chi connectivity index (χ0n) is 12.4. The highest BCUT2D eigenvalue weighted by atomic mass is 35.5. The van der Waals surface area contributed by atoms with E-state index in [1.54, 1.807) is 43.3 Å². The van der Waals surface area contributed by atoms with E-state index in [-0.39, 0.29) is 19.1 Å². The standard InChI is InChI=1S/C16H15ClN2O4/c1-16(13-6-3-8-23-13)14(20)19(15(21)18-16)7-9-22-12-5-2-4-11(17)10-12/h2-6,8,10H,7,9H2,1H3,(H,18,21)/t16-/m0/s1. The number of nitrogens with one attached hydrogen (secondary N) is 1. The Labute approximate surface area is 138 Å². The van der Waals surface area contributed by atoms with Gasteiger partial charge in [-0.15, -0.1) is 0 Å². The van der Waals surface area contributed by atoms with Gasteiger partial charge in [0.25, 0.3) is 5.91 Å². The Morgan fingerprint density at radius 1 is 1.30 bits per heavy atom. The number of hydrogen-bond donors (Lipinski definition) is 1. The van der Waals surface area contributed by atoms with Crippen molar-refractivity contribution >= 4 is 23.5 Å². The van der Waals surface area contributed by atoms with Crippen molar-refractivity contribution in [3.05, 3.63) is 53.4 Å². The van der Waals surface area contributed by atoms with E-state index in [0.717, 1.165) is 4.90 Å². The number of amides is 3. The summed E-state index contributed by atoms with van der Waals surface area (Å²) in [6.45, 7) is 1.92. The molecule has 1 aliphatic rings. The SMILES string of the molecule is C[C@@]1(c2ccco2)NC(=O)N(CCOc2cccc(Cl)c2)C1=O. The average molecular weight is 335 g/mol. The fraction of sp³-hybridized carbons (Fsp3) is 0.250. The fourth-order valence-corrected chi connectivity index (χ4v) is 2.62. The molecule has 2 heterocycles. The number of carbonyl (C=O) groups is 2.